The van der Waals surface area contributed by atoms with Crippen LogP contribution in [0.4, 0.5) is 5.69 Å². The van der Waals surface area contributed by atoms with Gasteiger partial charge in [-0.1, -0.05) is 29.8 Å². The third kappa shape index (κ3) is 3.33. The molecule has 25 heavy (non-hydrogen) atoms. The lowest BCUT2D eigenvalue weighted by Gasteiger charge is -2.13. The molecule has 0 radical (unpaired) electrons. The number of nitrogens with zero attached hydrogens (tertiary/aromatic N) is 2. The zero-order valence-corrected chi connectivity index (χ0v) is 15.3. The van der Waals surface area contributed by atoms with Gasteiger partial charge in [-0.25, -0.2) is 4.68 Å². The number of benzene rings is 2. The molecule has 0 unspecified atom stereocenters. The summed E-state index contributed by atoms with van der Waals surface area (Å²) < 4.78 is 1.80. The van der Waals surface area contributed by atoms with Gasteiger partial charge >= 0.3 is 0 Å². The first kappa shape index (κ1) is 17.0. The largest absolute Gasteiger partial charge is 0.321 e. The van der Waals surface area contributed by atoms with E-state index in [-0.39, 0.29) is 5.91 Å². The SMILES string of the molecule is Cc1cccc(-n2ncc(C(=O)Nc3c(C)cc(C)cc3C)c2C)c1. The van der Waals surface area contributed by atoms with Gasteiger partial charge in [-0.15, -0.1) is 0 Å². The number of aryl methyl sites for hydroxylation is 4. The zero-order chi connectivity index (χ0) is 18.1. The number of aromatic nitrogens is 2. The lowest BCUT2D eigenvalue weighted by atomic mass is 10.0. The van der Waals surface area contributed by atoms with Gasteiger partial charge in [-0.2, -0.15) is 5.10 Å². The van der Waals surface area contributed by atoms with Gasteiger partial charge in [-0.05, 0) is 63.4 Å². The Hall–Kier alpha value is -2.88. The Morgan fingerprint density at radius 3 is 2.28 bits per heavy atom. The highest BCUT2D eigenvalue weighted by molar-refractivity contribution is 6.05. The molecule has 1 aromatic heterocycles. The lowest BCUT2D eigenvalue weighted by molar-refractivity contribution is 0.102. The summed E-state index contributed by atoms with van der Waals surface area (Å²) in [4.78, 5) is 12.8. The molecule has 1 N–H and O–H groups in total. The molecule has 2 aromatic carbocycles. The van der Waals surface area contributed by atoms with Crippen molar-refractivity contribution in [2.45, 2.75) is 34.6 Å². The maximum atomic E-state index is 12.8. The van der Waals surface area contributed by atoms with Crippen LogP contribution in [0.5, 0.6) is 0 Å². The Labute approximate surface area is 148 Å². The molecule has 0 saturated heterocycles. The van der Waals surface area contributed by atoms with Gasteiger partial charge in [0.15, 0.2) is 0 Å². The van der Waals surface area contributed by atoms with Gasteiger partial charge in [0.05, 0.1) is 23.1 Å². The Balaban J connectivity index is 1.92. The van der Waals surface area contributed by atoms with Gasteiger partial charge in [-0.3, -0.25) is 4.79 Å². The molecule has 0 saturated carbocycles. The molecular weight excluding hydrogens is 310 g/mol. The van der Waals surface area contributed by atoms with Crippen molar-refractivity contribution in [1.82, 2.24) is 9.78 Å². The minimum atomic E-state index is -0.133. The van der Waals surface area contributed by atoms with Crippen molar-refractivity contribution in [3.8, 4) is 5.69 Å². The molecular formula is C21H23N3O. The molecule has 0 aliphatic heterocycles. The van der Waals surface area contributed by atoms with Crippen LogP contribution in [0.15, 0.2) is 42.6 Å². The summed E-state index contributed by atoms with van der Waals surface area (Å²) in [6.45, 7) is 10.0. The lowest BCUT2D eigenvalue weighted by Crippen LogP contribution is -2.15. The monoisotopic (exact) mass is 333 g/mol. The Kier molecular flexibility index (Phi) is 4.45. The second-order valence-corrected chi connectivity index (χ2v) is 6.62. The van der Waals surface area contributed by atoms with Crippen LogP contribution in [0.25, 0.3) is 5.69 Å². The molecule has 128 valence electrons. The van der Waals surface area contributed by atoms with Crippen LogP contribution >= 0.6 is 0 Å². The normalized spacial score (nSPS) is 10.8. The van der Waals surface area contributed by atoms with Crippen molar-refractivity contribution in [3.63, 3.8) is 0 Å². The summed E-state index contributed by atoms with van der Waals surface area (Å²) in [6, 6.07) is 12.2. The molecule has 0 fully saturated rings. The Morgan fingerprint density at radius 1 is 0.960 bits per heavy atom. The van der Waals surface area contributed by atoms with Crippen molar-refractivity contribution >= 4 is 11.6 Å². The molecule has 3 rings (SSSR count). The summed E-state index contributed by atoms with van der Waals surface area (Å²) in [5.41, 5.74) is 7.72. The number of hydrogen-bond acceptors (Lipinski definition) is 2. The molecule has 0 aliphatic rings. The number of rotatable bonds is 3. The van der Waals surface area contributed by atoms with E-state index in [1.165, 1.54) is 5.56 Å². The first-order valence-electron chi connectivity index (χ1n) is 8.37. The quantitative estimate of drug-likeness (QED) is 0.757. The first-order valence-corrected chi connectivity index (χ1v) is 8.37. The van der Waals surface area contributed by atoms with Gasteiger partial charge in [0.2, 0.25) is 0 Å². The van der Waals surface area contributed by atoms with Gasteiger partial charge in [0, 0.05) is 5.69 Å². The fourth-order valence-electron chi connectivity index (χ4n) is 3.21. The first-order chi connectivity index (χ1) is 11.9. The summed E-state index contributed by atoms with van der Waals surface area (Å²) in [6.07, 6.45) is 1.63. The van der Waals surface area contributed by atoms with Crippen molar-refractivity contribution in [2.75, 3.05) is 5.32 Å². The number of anilines is 1. The maximum Gasteiger partial charge on any atom is 0.259 e. The Morgan fingerprint density at radius 2 is 1.64 bits per heavy atom. The summed E-state index contributed by atoms with van der Waals surface area (Å²) in [7, 11) is 0. The average Bonchev–Trinajstić information content (AvgIpc) is 2.92. The van der Waals surface area contributed by atoms with Crippen LogP contribution in [0, 0.1) is 34.6 Å². The highest BCUT2D eigenvalue weighted by atomic mass is 16.1. The van der Waals surface area contributed by atoms with E-state index in [1.54, 1.807) is 10.9 Å². The second-order valence-electron chi connectivity index (χ2n) is 6.62. The van der Waals surface area contributed by atoms with Crippen molar-refractivity contribution in [2.24, 2.45) is 0 Å². The van der Waals surface area contributed by atoms with Crippen LogP contribution in [0.2, 0.25) is 0 Å². The van der Waals surface area contributed by atoms with Crippen LogP contribution < -0.4 is 5.32 Å². The van der Waals surface area contributed by atoms with Crippen molar-refractivity contribution in [1.29, 1.82) is 0 Å². The molecule has 0 bridgehead atoms. The number of hydrogen-bond donors (Lipinski definition) is 1. The Bertz CT molecular complexity index is 931. The summed E-state index contributed by atoms with van der Waals surface area (Å²) in [5.74, 6) is -0.133. The van der Waals surface area contributed by atoms with E-state index in [0.717, 1.165) is 33.8 Å². The van der Waals surface area contributed by atoms with Crippen LogP contribution in [0.3, 0.4) is 0 Å². The zero-order valence-electron chi connectivity index (χ0n) is 15.3. The van der Waals surface area contributed by atoms with Crippen LogP contribution in [0.1, 0.15) is 38.3 Å². The smallest absolute Gasteiger partial charge is 0.259 e. The van der Waals surface area contributed by atoms with Gasteiger partial charge < -0.3 is 5.32 Å². The molecule has 1 amide bonds. The molecule has 3 aromatic rings. The van der Waals surface area contributed by atoms with E-state index in [9.17, 15) is 4.79 Å². The number of amides is 1. The standard InChI is InChI=1S/C21H23N3O/c1-13-7-6-8-18(11-13)24-17(5)19(12-22-24)21(25)23-20-15(3)9-14(2)10-16(20)4/h6-12H,1-5H3,(H,23,25). The van der Waals surface area contributed by atoms with E-state index in [2.05, 4.69) is 35.5 Å². The topological polar surface area (TPSA) is 46.9 Å². The molecule has 0 spiro atoms. The summed E-state index contributed by atoms with van der Waals surface area (Å²) >= 11 is 0. The van der Waals surface area contributed by atoms with E-state index >= 15 is 0 Å². The fourth-order valence-corrected chi connectivity index (χ4v) is 3.21. The molecule has 1 heterocycles. The van der Waals surface area contributed by atoms with Crippen molar-refractivity contribution < 1.29 is 4.79 Å². The van der Waals surface area contributed by atoms with E-state index < -0.39 is 0 Å². The highest BCUT2D eigenvalue weighted by Crippen LogP contribution is 2.23. The predicted octanol–water partition coefficient (Wildman–Crippen LogP) is 4.67. The predicted molar refractivity (Wildman–Crippen MR) is 102 cm³/mol. The van der Waals surface area contributed by atoms with E-state index in [1.807, 2.05) is 45.9 Å². The number of carbonyl (C=O) groups excluding carboxylic acids is 1. The molecule has 4 heteroatoms. The summed E-state index contributed by atoms with van der Waals surface area (Å²) in [5, 5.41) is 7.45. The third-order valence-corrected chi connectivity index (χ3v) is 4.42. The minimum Gasteiger partial charge on any atom is -0.321 e. The average molecular weight is 333 g/mol. The fraction of sp³-hybridized carbons (Fsp3) is 0.238. The maximum absolute atomic E-state index is 12.8. The number of nitrogens with one attached hydrogen (secondary N) is 1. The minimum absolute atomic E-state index is 0.133. The molecule has 0 atom stereocenters. The van der Waals surface area contributed by atoms with Gasteiger partial charge in [0.1, 0.15) is 0 Å². The van der Waals surface area contributed by atoms with Crippen molar-refractivity contribution in [3.05, 3.63) is 76.1 Å². The molecule has 4 nitrogen and oxygen atoms in total. The van der Waals surface area contributed by atoms with Crippen LogP contribution in [-0.4, -0.2) is 15.7 Å². The highest BCUT2D eigenvalue weighted by Gasteiger charge is 2.17. The van der Waals surface area contributed by atoms with E-state index in [4.69, 9.17) is 0 Å². The third-order valence-electron chi connectivity index (χ3n) is 4.42. The number of carbonyl (C=O) groups is 1. The second kappa shape index (κ2) is 6.55. The van der Waals surface area contributed by atoms with Gasteiger partial charge in [0.25, 0.3) is 5.91 Å². The van der Waals surface area contributed by atoms with E-state index in [0.29, 0.717) is 5.56 Å². The van der Waals surface area contributed by atoms with Crippen LogP contribution in [-0.2, 0) is 0 Å². The molecule has 0 aliphatic carbocycles.